The van der Waals surface area contributed by atoms with Crippen molar-refractivity contribution >= 4 is 11.5 Å². The van der Waals surface area contributed by atoms with E-state index in [4.69, 9.17) is 4.74 Å². The second-order valence-corrected chi connectivity index (χ2v) is 12.4. The molecule has 0 aromatic heterocycles. The van der Waals surface area contributed by atoms with Crippen LogP contribution in [0.4, 0.5) is 0 Å². The van der Waals surface area contributed by atoms with Gasteiger partial charge in [0.1, 0.15) is 11.5 Å². The second-order valence-electron chi connectivity index (χ2n) is 12.4. The Morgan fingerprint density at radius 3 is 1.11 bits per heavy atom. The van der Waals surface area contributed by atoms with Gasteiger partial charge in [-0.25, -0.2) is 0 Å². The molecule has 1 heteroatoms. The summed E-state index contributed by atoms with van der Waals surface area (Å²) in [4.78, 5) is 0. The predicted octanol–water partition coefficient (Wildman–Crippen LogP) is 9.68. The average Bonchev–Trinajstić information content (AvgIpc) is 2.93. The summed E-state index contributed by atoms with van der Waals surface area (Å²) in [6.45, 7) is 13.6. The van der Waals surface area contributed by atoms with Crippen LogP contribution in [0.3, 0.4) is 0 Å². The minimum atomic E-state index is -0.499. The highest BCUT2D eigenvalue weighted by Crippen LogP contribution is 2.45. The van der Waals surface area contributed by atoms with Gasteiger partial charge in [-0.2, -0.15) is 0 Å². The third kappa shape index (κ3) is 5.11. The molecule has 0 fully saturated rings. The van der Waals surface area contributed by atoms with Crippen LogP contribution in [0, 0.1) is 0 Å². The normalized spacial score (nSPS) is 15.3. The number of rotatable bonds is 4. The lowest BCUT2D eigenvalue weighted by molar-refractivity contribution is 0.450. The molecule has 38 heavy (non-hydrogen) atoms. The maximum Gasteiger partial charge on any atom is 0.132 e. The molecular formula is C37H38O. The Morgan fingerprint density at radius 1 is 0.447 bits per heavy atom. The van der Waals surface area contributed by atoms with Crippen molar-refractivity contribution in [3.05, 3.63) is 155 Å². The molecule has 1 heterocycles. The Kier molecular flexibility index (Phi) is 6.65. The molecule has 1 aliphatic heterocycles. The lowest BCUT2D eigenvalue weighted by Crippen LogP contribution is -2.27. The molecule has 0 radical (unpaired) electrons. The summed E-state index contributed by atoms with van der Waals surface area (Å²) in [7, 11) is 0. The van der Waals surface area contributed by atoms with Crippen LogP contribution in [-0.4, -0.2) is 0 Å². The Balaban J connectivity index is 1.78. The van der Waals surface area contributed by atoms with E-state index in [0.29, 0.717) is 0 Å². The summed E-state index contributed by atoms with van der Waals surface area (Å²) in [6, 6.07) is 39.1. The SMILES string of the molecule is CC(C)(C)c1ccc(C2(c3ccc(C(C)(C)C)cc3)C=C(c3ccccc3)OC(c3ccccc3)=C2)cc1. The van der Waals surface area contributed by atoms with Gasteiger partial charge in [-0.1, -0.05) is 151 Å². The summed E-state index contributed by atoms with van der Waals surface area (Å²) in [5.74, 6) is 1.73. The molecule has 5 rings (SSSR count). The first-order chi connectivity index (χ1) is 18.1. The van der Waals surface area contributed by atoms with Crippen LogP contribution in [0.15, 0.2) is 121 Å². The molecule has 192 valence electrons. The van der Waals surface area contributed by atoms with E-state index in [2.05, 4.69) is 151 Å². The van der Waals surface area contributed by atoms with Gasteiger partial charge in [0.25, 0.3) is 0 Å². The van der Waals surface area contributed by atoms with E-state index >= 15 is 0 Å². The quantitative estimate of drug-likeness (QED) is 0.272. The molecule has 4 aromatic rings. The van der Waals surface area contributed by atoms with Crippen molar-refractivity contribution in [1.29, 1.82) is 0 Å². The highest BCUT2D eigenvalue weighted by molar-refractivity contribution is 5.78. The molecule has 0 N–H and O–H groups in total. The third-order valence-electron chi connectivity index (χ3n) is 7.51. The van der Waals surface area contributed by atoms with E-state index in [9.17, 15) is 0 Å². The van der Waals surface area contributed by atoms with Gasteiger partial charge in [0.15, 0.2) is 0 Å². The topological polar surface area (TPSA) is 9.23 Å². The van der Waals surface area contributed by atoms with Gasteiger partial charge < -0.3 is 4.74 Å². The highest BCUT2D eigenvalue weighted by Gasteiger charge is 2.36. The number of hydrogen-bond acceptors (Lipinski definition) is 1. The standard InChI is InChI=1S/C37H38O/c1-35(2,3)29-17-21-31(22-18-29)37(32-23-19-30(20-24-32)36(4,5)6)25-33(27-13-9-7-10-14-27)38-34(26-37)28-15-11-8-12-16-28/h7-26H,1-6H3. The fraction of sp³-hybridized carbons (Fsp3) is 0.243. The van der Waals surface area contributed by atoms with Crippen molar-refractivity contribution in [2.24, 2.45) is 0 Å². The largest absolute Gasteiger partial charge is 0.457 e. The number of allylic oxidation sites excluding steroid dienone is 2. The Bertz CT molecular complexity index is 1330. The van der Waals surface area contributed by atoms with Crippen molar-refractivity contribution in [3.8, 4) is 0 Å². The smallest absolute Gasteiger partial charge is 0.132 e. The fourth-order valence-corrected chi connectivity index (χ4v) is 5.11. The zero-order chi connectivity index (χ0) is 27.0. The van der Waals surface area contributed by atoms with Gasteiger partial charge in [0.2, 0.25) is 0 Å². The van der Waals surface area contributed by atoms with Crippen LogP contribution in [0.5, 0.6) is 0 Å². The zero-order valence-electron chi connectivity index (χ0n) is 23.5. The third-order valence-corrected chi connectivity index (χ3v) is 7.51. The van der Waals surface area contributed by atoms with Gasteiger partial charge in [0.05, 0.1) is 5.41 Å². The first kappa shape index (κ1) is 25.8. The van der Waals surface area contributed by atoms with E-state index in [-0.39, 0.29) is 10.8 Å². The van der Waals surface area contributed by atoms with Crippen molar-refractivity contribution in [3.63, 3.8) is 0 Å². The van der Waals surface area contributed by atoms with Crippen LogP contribution in [0.25, 0.3) is 11.5 Å². The lowest BCUT2D eigenvalue weighted by atomic mass is 9.70. The minimum absolute atomic E-state index is 0.0891. The molecule has 1 nitrogen and oxygen atoms in total. The molecule has 4 aromatic carbocycles. The fourth-order valence-electron chi connectivity index (χ4n) is 5.11. The summed E-state index contributed by atoms with van der Waals surface area (Å²) < 4.78 is 6.63. The zero-order valence-corrected chi connectivity index (χ0v) is 23.5. The van der Waals surface area contributed by atoms with Crippen LogP contribution < -0.4 is 0 Å². The minimum Gasteiger partial charge on any atom is -0.457 e. The molecule has 0 saturated heterocycles. The molecule has 0 saturated carbocycles. The van der Waals surface area contributed by atoms with E-state index < -0.39 is 5.41 Å². The Hall–Kier alpha value is -3.84. The molecule has 0 unspecified atom stereocenters. The maximum atomic E-state index is 6.63. The van der Waals surface area contributed by atoms with Gasteiger partial charge in [-0.15, -0.1) is 0 Å². The van der Waals surface area contributed by atoms with E-state index in [1.54, 1.807) is 0 Å². The Morgan fingerprint density at radius 2 is 0.789 bits per heavy atom. The first-order valence-electron chi connectivity index (χ1n) is 13.5. The lowest BCUT2D eigenvalue weighted by Gasteiger charge is -2.35. The van der Waals surface area contributed by atoms with Crippen LogP contribution in [-0.2, 0) is 21.0 Å². The van der Waals surface area contributed by atoms with E-state index in [1.807, 2.05) is 12.1 Å². The molecule has 0 bridgehead atoms. The summed E-state index contributed by atoms with van der Waals surface area (Å²) in [6.07, 6.45) is 4.60. The average molecular weight is 499 g/mol. The molecule has 1 aliphatic rings. The Labute approximate surface area is 228 Å². The van der Waals surface area contributed by atoms with Crippen LogP contribution in [0.2, 0.25) is 0 Å². The van der Waals surface area contributed by atoms with Gasteiger partial charge >= 0.3 is 0 Å². The number of benzene rings is 4. The molecule has 0 atom stereocenters. The predicted molar refractivity (Wildman–Crippen MR) is 161 cm³/mol. The van der Waals surface area contributed by atoms with Crippen LogP contribution in [0.1, 0.15) is 74.9 Å². The summed E-state index contributed by atoms with van der Waals surface area (Å²) in [5.41, 5.74) is 6.90. The van der Waals surface area contributed by atoms with Crippen molar-refractivity contribution < 1.29 is 4.74 Å². The van der Waals surface area contributed by atoms with Gasteiger partial charge in [0, 0.05) is 11.1 Å². The van der Waals surface area contributed by atoms with Crippen LogP contribution >= 0.6 is 0 Å². The number of hydrogen-bond donors (Lipinski definition) is 0. The number of ether oxygens (including phenoxy) is 1. The van der Waals surface area contributed by atoms with Crippen molar-refractivity contribution in [1.82, 2.24) is 0 Å². The van der Waals surface area contributed by atoms with E-state index in [1.165, 1.54) is 22.3 Å². The van der Waals surface area contributed by atoms with Gasteiger partial charge in [-0.3, -0.25) is 0 Å². The second kappa shape index (κ2) is 9.80. The molecule has 0 amide bonds. The van der Waals surface area contributed by atoms with E-state index in [0.717, 1.165) is 22.6 Å². The molecule has 0 aliphatic carbocycles. The van der Waals surface area contributed by atoms with Crippen molar-refractivity contribution in [2.75, 3.05) is 0 Å². The summed E-state index contributed by atoms with van der Waals surface area (Å²) in [5, 5.41) is 0. The summed E-state index contributed by atoms with van der Waals surface area (Å²) >= 11 is 0. The van der Waals surface area contributed by atoms with Crippen molar-refractivity contribution in [2.45, 2.75) is 57.8 Å². The molecular weight excluding hydrogens is 460 g/mol. The molecule has 0 spiro atoms. The highest BCUT2D eigenvalue weighted by atomic mass is 16.5. The monoisotopic (exact) mass is 498 g/mol. The first-order valence-corrected chi connectivity index (χ1v) is 13.5. The maximum absolute atomic E-state index is 6.63. The van der Waals surface area contributed by atoms with Gasteiger partial charge in [-0.05, 0) is 45.2 Å².